The third kappa shape index (κ3) is 3.30. The highest BCUT2D eigenvalue weighted by Gasteiger charge is 2.15. The van der Waals surface area contributed by atoms with Gasteiger partial charge in [0.15, 0.2) is 0 Å². The molecule has 2 rings (SSSR count). The van der Waals surface area contributed by atoms with Gasteiger partial charge in [-0.1, -0.05) is 11.6 Å². The molecule has 0 bridgehead atoms. The van der Waals surface area contributed by atoms with Gasteiger partial charge in [-0.2, -0.15) is 11.8 Å². The van der Waals surface area contributed by atoms with Crippen LogP contribution in [-0.2, 0) is 0 Å². The van der Waals surface area contributed by atoms with Crippen molar-refractivity contribution in [3.63, 3.8) is 0 Å². The summed E-state index contributed by atoms with van der Waals surface area (Å²) < 4.78 is 1.04. The van der Waals surface area contributed by atoms with Gasteiger partial charge in [-0.3, -0.25) is 0 Å². The average molecular weight is 307 g/mol. The van der Waals surface area contributed by atoms with Gasteiger partial charge in [0.2, 0.25) is 0 Å². The van der Waals surface area contributed by atoms with Crippen molar-refractivity contribution in [1.29, 1.82) is 0 Å². The van der Waals surface area contributed by atoms with Crippen molar-refractivity contribution in [2.45, 2.75) is 6.42 Å². The quantitative estimate of drug-likeness (QED) is 0.895. The summed E-state index contributed by atoms with van der Waals surface area (Å²) in [5, 5.41) is 4.23. The Labute approximate surface area is 108 Å². The van der Waals surface area contributed by atoms with Gasteiger partial charge in [0.05, 0.1) is 0 Å². The normalized spacial score (nSPS) is 20.5. The fraction of sp³-hybridized carbons (Fsp3) is 0.455. The van der Waals surface area contributed by atoms with Gasteiger partial charge in [-0.15, -0.1) is 0 Å². The first-order valence-electron chi connectivity index (χ1n) is 5.02. The van der Waals surface area contributed by atoms with E-state index in [1.54, 1.807) is 0 Å². The largest absolute Gasteiger partial charge is 0.384 e. The maximum absolute atomic E-state index is 5.88. The maximum atomic E-state index is 5.88. The molecule has 15 heavy (non-hydrogen) atoms. The Morgan fingerprint density at radius 2 is 2.40 bits per heavy atom. The molecule has 1 aromatic rings. The number of hydrogen-bond donors (Lipinski definition) is 1. The lowest BCUT2D eigenvalue weighted by Gasteiger charge is -2.12. The zero-order valence-electron chi connectivity index (χ0n) is 8.30. The SMILES string of the molecule is Clc1ccc(NCC2CCSC2)c(Br)c1. The summed E-state index contributed by atoms with van der Waals surface area (Å²) in [7, 11) is 0. The minimum absolute atomic E-state index is 0.767. The second-order valence-corrected chi connectivity index (χ2v) is 6.18. The first-order valence-corrected chi connectivity index (χ1v) is 7.35. The zero-order chi connectivity index (χ0) is 10.7. The van der Waals surface area contributed by atoms with Crippen LogP contribution in [0.4, 0.5) is 5.69 Å². The summed E-state index contributed by atoms with van der Waals surface area (Å²) in [4.78, 5) is 0. The lowest BCUT2D eigenvalue weighted by molar-refractivity contribution is 0.631. The van der Waals surface area contributed by atoms with E-state index >= 15 is 0 Å². The van der Waals surface area contributed by atoms with E-state index in [2.05, 4.69) is 33.0 Å². The van der Waals surface area contributed by atoms with Crippen LogP contribution < -0.4 is 5.32 Å². The molecule has 4 heteroatoms. The molecule has 1 N–H and O–H groups in total. The Bertz CT molecular complexity index is 339. The summed E-state index contributed by atoms with van der Waals surface area (Å²) in [6, 6.07) is 5.86. The van der Waals surface area contributed by atoms with Gasteiger partial charge in [0.25, 0.3) is 0 Å². The van der Waals surface area contributed by atoms with Gasteiger partial charge in [0.1, 0.15) is 0 Å². The molecule has 1 aliphatic rings. The molecule has 1 aromatic carbocycles. The Kier molecular flexibility index (Phi) is 4.23. The van der Waals surface area contributed by atoms with Crippen molar-refractivity contribution in [2.75, 3.05) is 23.4 Å². The van der Waals surface area contributed by atoms with E-state index in [0.29, 0.717) is 0 Å². The number of nitrogens with one attached hydrogen (secondary N) is 1. The summed E-state index contributed by atoms with van der Waals surface area (Å²) >= 11 is 11.4. The second-order valence-electron chi connectivity index (χ2n) is 3.73. The second kappa shape index (κ2) is 5.46. The van der Waals surface area contributed by atoms with Gasteiger partial charge in [-0.05, 0) is 58.0 Å². The smallest absolute Gasteiger partial charge is 0.0485 e. The van der Waals surface area contributed by atoms with Gasteiger partial charge < -0.3 is 5.32 Å². The molecular formula is C11H13BrClNS. The molecule has 82 valence electrons. The number of hydrogen-bond acceptors (Lipinski definition) is 2. The molecule has 1 heterocycles. The molecular weight excluding hydrogens is 294 g/mol. The molecule has 1 atom stereocenters. The number of benzene rings is 1. The Hall–Kier alpha value is 0.140. The first-order chi connectivity index (χ1) is 7.25. The first kappa shape index (κ1) is 11.6. The fourth-order valence-corrected chi connectivity index (χ4v) is 3.74. The van der Waals surface area contributed by atoms with Crippen LogP contribution >= 0.6 is 39.3 Å². The van der Waals surface area contributed by atoms with Crippen molar-refractivity contribution in [1.82, 2.24) is 0 Å². The van der Waals surface area contributed by atoms with Crippen molar-refractivity contribution in [2.24, 2.45) is 5.92 Å². The van der Waals surface area contributed by atoms with Crippen LogP contribution in [0.25, 0.3) is 0 Å². The zero-order valence-corrected chi connectivity index (χ0v) is 11.5. The molecule has 1 fully saturated rings. The summed E-state index contributed by atoms with van der Waals surface area (Å²) in [6.45, 7) is 1.06. The fourth-order valence-electron chi connectivity index (χ4n) is 1.63. The molecule has 0 aromatic heterocycles. The van der Waals surface area contributed by atoms with Crippen LogP contribution in [-0.4, -0.2) is 18.1 Å². The van der Waals surface area contributed by atoms with Gasteiger partial charge in [-0.25, -0.2) is 0 Å². The number of thioether (sulfide) groups is 1. The third-order valence-corrected chi connectivity index (χ3v) is 4.66. The molecule has 1 unspecified atom stereocenters. The van der Waals surface area contributed by atoms with E-state index in [-0.39, 0.29) is 0 Å². The van der Waals surface area contributed by atoms with Crippen LogP contribution in [0.15, 0.2) is 22.7 Å². The summed E-state index contributed by atoms with van der Waals surface area (Å²) in [6.07, 6.45) is 1.34. The van der Waals surface area contributed by atoms with Crippen molar-refractivity contribution < 1.29 is 0 Å². The molecule has 0 radical (unpaired) electrons. The van der Waals surface area contributed by atoms with Crippen LogP contribution in [0.5, 0.6) is 0 Å². The molecule has 1 aliphatic heterocycles. The van der Waals surface area contributed by atoms with E-state index in [4.69, 9.17) is 11.6 Å². The van der Waals surface area contributed by atoms with Crippen LogP contribution in [0.3, 0.4) is 0 Å². The lowest BCUT2D eigenvalue weighted by atomic mass is 10.1. The lowest BCUT2D eigenvalue weighted by Crippen LogP contribution is -2.13. The number of halogens is 2. The topological polar surface area (TPSA) is 12.0 Å². The van der Waals surface area contributed by atoms with Crippen molar-refractivity contribution >= 4 is 45.0 Å². The molecule has 1 nitrogen and oxygen atoms in total. The Morgan fingerprint density at radius 1 is 1.53 bits per heavy atom. The molecule has 1 saturated heterocycles. The minimum atomic E-state index is 0.767. The molecule has 0 aliphatic carbocycles. The predicted molar refractivity (Wildman–Crippen MR) is 73.1 cm³/mol. The maximum Gasteiger partial charge on any atom is 0.0485 e. The summed E-state index contributed by atoms with van der Waals surface area (Å²) in [5.74, 6) is 3.42. The van der Waals surface area contributed by atoms with E-state index < -0.39 is 0 Å². The monoisotopic (exact) mass is 305 g/mol. The van der Waals surface area contributed by atoms with E-state index in [9.17, 15) is 0 Å². The Balaban J connectivity index is 1.92. The highest BCUT2D eigenvalue weighted by Crippen LogP contribution is 2.28. The summed E-state index contributed by atoms with van der Waals surface area (Å²) in [5.41, 5.74) is 1.14. The highest BCUT2D eigenvalue weighted by atomic mass is 79.9. The molecule has 0 saturated carbocycles. The van der Waals surface area contributed by atoms with Crippen LogP contribution in [0, 0.1) is 5.92 Å². The van der Waals surface area contributed by atoms with Gasteiger partial charge >= 0.3 is 0 Å². The predicted octanol–water partition coefficient (Wildman–Crippen LogP) is 4.27. The average Bonchev–Trinajstić information content (AvgIpc) is 2.69. The van der Waals surface area contributed by atoms with E-state index in [1.807, 2.05) is 18.2 Å². The highest BCUT2D eigenvalue weighted by molar-refractivity contribution is 9.10. The standard InChI is InChI=1S/C11H13BrClNS/c12-10-5-9(13)1-2-11(10)14-6-8-3-4-15-7-8/h1-2,5,8,14H,3-4,6-7H2. The van der Waals surface area contributed by atoms with Crippen LogP contribution in [0.1, 0.15) is 6.42 Å². The van der Waals surface area contributed by atoms with E-state index in [1.165, 1.54) is 17.9 Å². The minimum Gasteiger partial charge on any atom is -0.384 e. The van der Waals surface area contributed by atoms with Crippen molar-refractivity contribution in [3.05, 3.63) is 27.7 Å². The van der Waals surface area contributed by atoms with Crippen LogP contribution in [0.2, 0.25) is 5.02 Å². The van der Waals surface area contributed by atoms with Gasteiger partial charge in [0, 0.05) is 21.7 Å². The number of anilines is 1. The third-order valence-electron chi connectivity index (χ3n) is 2.54. The van der Waals surface area contributed by atoms with Crippen molar-refractivity contribution in [3.8, 4) is 0 Å². The van der Waals surface area contributed by atoms with E-state index in [0.717, 1.165) is 27.6 Å². The molecule has 0 amide bonds. The number of rotatable bonds is 3. The Morgan fingerprint density at radius 3 is 3.07 bits per heavy atom. The molecule has 0 spiro atoms.